The van der Waals surface area contributed by atoms with Gasteiger partial charge in [0.05, 0.1) is 25.3 Å². The monoisotopic (exact) mass is 289 g/mol. The Morgan fingerprint density at radius 2 is 2.14 bits per heavy atom. The number of aromatic nitrogens is 2. The van der Waals surface area contributed by atoms with E-state index in [4.69, 9.17) is 9.47 Å². The van der Waals surface area contributed by atoms with Crippen molar-refractivity contribution in [1.29, 1.82) is 0 Å². The highest BCUT2D eigenvalue weighted by Gasteiger charge is 2.12. The first-order valence-electron chi connectivity index (χ1n) is 7.11. The highest BCUT2D eigenvalue weighted by atomic mass is 16.5. The van der Waals surface area contributed by atoms with E-state index in [9.17, 15) is 0 Å². The summed E-state index contributed by atoms with van der Waals surface area (Å²) < 4.78 is 13.5. The summed E-state index contributed by atoms with van der Waals surface area (Å²) in [5, 5.41) is 3.15. The molecule has 0 saturated heterocycles. The Kier molecular flexibility index (Phi) is 5.22. The van der Waals surface area contributed by atoms with Crippen LogP contribution in [0.3, 0.4) is 0 Å². The molecule has 2 rings (SSSR count). The van der Waals surface area contributed by atoms with E-state index >= 15 is 0 Å². The minimum atomic E-state index is 0.362. The summed E-state index contributed by atoms with van der Waals surface area (Å²) in [6.07, 6.45) is 3.67. The summed E-state index contributed by atoms with van der Waals surface area (Å²) in [6, 6.07) is 6.28. The first-order chi connectivity index (χ1) is 10.2. The van der Waals surface area contributed by atoms with Crippen LogP contribution in [-0.4, -0.2) is 23.7 Å². The quantitative estimate of drug-likeness (QED) is 0.851. The molecule has 0 aliphatic carbocycles. The van der Waals surface area contributed by atoms with E-state index in [1.807, 2.05) is 37.8 Å². The molecule has 0 atom stereocenters. The maximum Gasteiger partial charge on any atom is 0.166 e. The summed E-state index contributed by atoms with van der Waals surface area (Å²) in [7, 11) is 3.57. The molecule has 114 valence electrons. The predicted molar refractivity (Wildman–Crippen MR) is 82.7 cm³/mol. The Bertz CT molecular complexity index is 579. The molecule has 5 heteroatoms. The van der Waals surface area contributed by atoms with Crippen molar-refractivity contribution in [2.75, 3.05) is 14.2 Å². The second-order valence-electron chi connectivity index (χ2n) is 5.15. The third-order valence-corrected chi connectivity index (χ3v) is 3.31. The number of ether oxygens (including phenoxy) is 2. The maximum atomic E-state index is 6.02. The van der Waals surface area contributed by atoms with Gasteiger partial charge in [0, 0.05) is 18.2 Å². The number of nitrogens with one attached hydrogen (secondary N) is 1. The van der Waals surface area contributed by atoms with Crippen LogP contribution in [0.5, 0.6) is 11.5 Å². The van der Waals surface area contributed by atoms with Gasteiger partial charge in [-0.05, 0) is 27.0 Å². The van der Waals surface area contributed by atoms with Crippen molar-refractivity contribution >= 4 is 0 Å². The molecule has 0 amide bonds. The molecule has 1 heterocycles. The van der Waals surface area contributed by atoms with E-state index in [2.05, 4.69) is 28.7 Å². The number of methoxy groups -OCH3 is 1. The Morgan fingerprint density at radius 1 is 1.33 bits per heavy atom. The van der Waals surface area contributed by atoms with Gasteiger partial charge in [0.25, 0.3) is 0 Å². The zero-order chi connectivity index (χ0) is 15.2. The lowest BCUT2D eigenvalue weighted by atomic mass is 10.2. The molecule has 0 bridgehead atoms. The minimum absolute atomic E-state index is 0.362. The van der Waals surface area contributed by atoms with Gasteiger partial charge in [0.1, 0.15) is 6.61 Å². The average Bonchev–Trinajstić information content (AvgIpc) is 2.94. The Balaban J connectivity index is 2.20. The average molecular weight is 289 g/mol. The van der Waals surface area contributed by atoms with Crippen LogP contribution >= 0.6 is 0 Å². The number of benzene rings is 1. The number of rotatable bonds is 7. The van der Waals surface area contributed by atoms with Gasteiger partial charge in [-0.1, -0.05) is 12.1 Å². The number of imidazole rings is 1. The number of para-hydroxylation sites is 1. The Hall–Kier alpha value is -2.01. The zero-order valence-corrected chi connectivity index (χ0v) is 13.1. The third kappa shape index (κ3) is 3.55. The van der Waals surface area contributed by atoms with E-state index < -0.39 is 0 Å². The third-order valence-electron chi connectivity index (χ3n) is 3.31. The lowest BCUT2D eigenvalue weighted by Gasteiger charge is -2.16. The van der Waals surface area contributed by atoms with E-state index in [0.717, 1.165) is 29.3 Å². The molecule has 5 nitrogen and oxygen atoms in total. The summed E-state index contributed by atoms with van der Waals surface area (Å²) in [5.74, 6) is 1.53. The molecule has 0 unspecified atom stereocenters. The van der Waals surface area contributed by atoms with Crippen LogP contribution in [0, 0.1) is 0 Å². The lowest BCUT2D eigenvalue weighted by molar-refractivity contribution is 0.270. The second kappa shape index (κ2) is 7.13. The fourth-order valence-electron chi connectivity index (χ4n) is 2.27. The van der Waals surface area contributed by atoms with Crippen molar-refractivity contribution in [1.82, 2.24) is 14.9 Å². The van der Waals surface area contributed by atoms with Crippen LogP contribution in [-0.2, 0) is 13.2 Å². The number of nitrogens with zero attached hydrogens (tertiary/aromatic N) is 2. The summed E-state index contributed by atoms with van der Waals surface area (Å²) in [4.78, 5) is 4.20. The highest BCUT2D eigenvalue weighted by Crippen LogP contribution is 2.31. The predicted octanol–water partition coefficient (Wildman–Crippen LogP) is 2.77. The number of hydrogen-bond acceptors (Lipinski definition) is 4. The Morgan fingerprint density at radius 3 is 2.81 bits per heavy atom. The molecular weight excluding hydrogens is 266 g/mol. The molecule has 0 spiro atoms. The smallest absolute Gasteiger partial charge is 0.166 e. The lowest BCUT2D eigenvalue weighted by Crippen LogP contribution is -2.11. The largest absolute Gasteiger partial charge is 0.493 e. The maximum absolute atomic E-state index is 6.02. The van der Waals surface area contributed by atoms with Gasteiger partial charge in [0.15, 0.2) is 11.5 Å². The van der Waals surface area contributed by atoms with Gasteiger partial charge < -0.3 is 19.4 Å². The van der Waals surface area contributed by atoms with Crippen molar-refractivity contribution in [3.05, 3.63) is 42.0 Å². The van der Waals surface area contributed by atoms with E-state index in [1.165, 1.54) is 0 Å². The molecule has 1 aromatic carbocycles. The SMILES string of the molecule is CNCc1cccc(OC)c1OCc1cncn1C(C)C. The number of hydrogen-bond donors (Lipinski definition) is 1. The summed E-state index contributed by atoms with van der Waals surface area (Å²) in [6.45, 7) is 5.45. The van der Waals surface area contributed by atoms with Crippen LogP contribution in [0.1, 0.15) is 31.1 Å². The minimum Gasteiger partial charge on any atom is -0.493 e. The van der Waals surface area contributed by atoms with Gasteiger partial charge in [-0.15, -0.1) is 0 Å². The van der Waals surface area contributed by atoms with Crippen LogP contribution < -0.4 is 14.8 Å². The normalized spacial score (nSPS) is 10.9. The molecule has 1 N–H and O–H groups in total. The van der Waals surface area contributed by atoms with E-state index in [0.29, 0.717) is 12.6 Å². The molecule has 0 radical (unpaired) electrons. The molecule has 0 aliphatic heterocycles. The Labute approximate surface area is 125 Å². The summed E-state index contributed by atoms with van der Waals surface area (Å²) in [5.41, 5.74) is 2.12. The molecular formula is C16H23N3O2. The molecule has 2 aromatic rings. The molecule has 0 fully saturated rings. The van der Waals surface area contributed by atoms with Crippen LogP contribution in [0.15, 0.2) is 30.7 Å². The summed E-state index contributed by atoms with van der Waals surface area (Å²) >= 11 is 0. The molecule has 0 aliphatic rings. The fourth-order valence-corrected chi connectivity index (χ4v) is 2.27. The van der Waals surface area contributed by atoms with Crippen LogP contribution in [0.2, 0.25) is 0 Å². The van der Waals surface area contributed by atoms with Gasteiger partial charge in [-0.2, -0.15) is 0 Å². The van der Waals surface area contributed by atoms with Gasteiger partial charge in [-0.25, -0.2) is 4.98 Å². The van der Waals surface area contributed by atoms with Gasteiger partial charge >= 0.3 is 0 Å². The molecule has 1 aromatic heterocycles. The van der Waals surface area contributed by atoms with Gasteiger partial charge in [0.2, 0.25) is 0 Å². The first-order valence-corrected chi connectivity index (χ1v) is 7.11. The van der Waals surface area contributed by atoms with Crippen molar-refractivity contribution in [2.24, 2.45) is 0 Å². The highest BCUT2D eigenvalue weighted by molar-refractivity contribution is 5.46. The van der Waals surface area contributed by atoms with Crippen molar-refractivity contribution in [3.63, 3.8) is 0 Å². The van der Waals surface area contributed by atoms with Crippen LogP contribution in [0.25, 0.3) is 0 Å². The fraction of sp³-hybridized carbons (Fsp3) is 0.438. The van der Waals surface area contributed by atoms with Crippen molar-refractivity contribution in [2.45, 2.75) is 33.0 Å². The molecule has 21 heavy (non-hydrogen) atoms. The van der Waals surface area contributed by atoms with Gasteiger partial charge in [-0.3, -0.25) is 0 Å². The standard InChI is InChI=1S/C16H23N3O2/c1-12(2)19-11-18-9-14(19)10-21-16-13(8-17-3)6-5-7-15(16)20-4/h5-7,9,11-12,17H,8,10H2,1-4H3. The second-order valence-corrected chi connectivity index (χ2v) is 5.15. The first kappa shape index (κ1) is 15.4. The van der Waals surface area contributed by atoms with Crippen molar-refractivity contribution in [3.8, 4) is 11.5 Å². The zero-order valence-electron chi connectivity index (χ0n) is 13.1. The molecule has 0 saturated carbocycles. The van der Waals surface area contributed by atoms with E-state index in [1.54, 1.807) is 7.11 Å². The van der Waals surface area contributed by atoms with E-state index in [-0.39, 0.29) is 0 Å². The van der Waals surface area contributed by atoms with Crippen LogP contribution in [0.4, 0.5) is 0 Å². The topological polar surface area (TPSA) is 48.3 Å². The van der Waals surface area contributed by atoms with Crippen molar-refractivity contribution < 1.29 is 9.47 Å².